The Morgan fingerprint density at radius 1 is 1.06 bits per heavy atom. The number of benzene rings is 2. The van der Waals surface area contributed by atoms with Crippen LogP contribution >= 0.6 is 15.9 Å². The van der Waals surface area contributed by atoms with Gasteiger partial charge in [0.25, 0.3) is 11.5 Å². The number of rotatable bonds is 9. The van der Waals surface area contributed by atoms with E-state index in [1.807, 2.05) is 84.6 Å². The van der Waals surface area contributed by atoms with Crippen molar-refractivity contribution in [3.8, 4) is 0 Å². The molecule has 2 aromatic carbocycles. The highest BCUT2D eigenvalue weighted by Gasteiger charge is 2.29. The molecule has 0 aliphatic carbocycles. The maximum absolute atomic E-state index is 13.7. The van der Waals surface area contributed by atoms with Gasteiger partial charge < -0.3 is 10.6 Å². The van der Waals surface area contributed by atoms with Crippen molar-refractivity contribution in [2.45, 2.75) is 32.2 Å². The van der Waals surface area contributed by atoms with Crippen molar-refractivity contribution in [1.82, 2.24) is 14.3 Å². The third kappa shape index (κ3) is 5.52. The van der Waals surface area contributed by atoms with Crippen molar-refractivity contribution in [2.75, 3.05) is 13.1 Å². The van der Waals surface area contributed by atoms with Crippen LogP contribution in [0, 0.1) is 0 Å². The van der Waals surface area contributed by atoms with Crippen LogP contribution in [-0.2, 0) is 6.42 Å². The average molecular weight is 533 g/mol. The summed E-state index contributed by atoms with van der Waals surface area (Å²) in [7, 11) is 0. The molecule has 0 aliphatic rings. The van der Waals surface area contributed by atoms with E-state index in [0.717, 1.165) is 10.0 Å². The Kier molecular flexibility index (Phi) is 8.10. The summed E-state index contributed by atoms with van der Waals surface area (Å²) in [5.74, 6) is -0.0986. The molecule has 0 radical (unpaired) electrons. The van der Waals surface area contributed by atoms with Gasteiger partial charge in [0.2, 0.25) is 0 Å². The molecule has 2 heterocycles. The molecule has 0 bridgehead atoms. The summed E-state index contributed by atoms with van der Waals surface area (Å²) in [6.07, 6.45) is 3.44. The topological polar surface area (TPSA) is 80.7 Å². The molecule has 0 saturated heterocycles. The van der Waals surface area contributed by atoms with Crippen molar-refractivity contribution >= 4 is 27.5 Å². The number of pyridine rings is 1. The number of fused-ring (bicyclic) bond motifs is 1. The van der Waals surface area contributed by atoms with Crippen LogP contribution in [-0.4, -0.2) is 33.3 Å². The lowest BCUT2D eigenvalue weighted by molar-refractivity contribution is 0.0664. The first-order valence-corrected chi connectivity index (χ1v) is 12.6. The quantitative estimate of drug-likeness (QED) is 0.329. The zero-order valence-electron chi connectivity index (χ0n) is 19.7. The molecule has 0 saturated carbocycles. The fourth-order valence-corrected chi connectivity index (χ4v) is 4.63. The molecule has 4 rings (SSSR count). The van der Waals surface area contributed by atoms with Gasteiger partial charge in [-0.25, -0.2) is 4.98 Å². The van der Waals surface area contributed by atoms with E-state index in [-0.39, 0.29) is 17.5 Å². The van der Waals surface area contributed by atoms with Crippen molar-refractivity contribution < 1.29 is 4.79 Å². The third-order valence-corrected chi connectivity index (χ3v) is 6.65. The number of halogens is 1. The number of nitrogens with zero attached hydrogens (tertiary/aromatic N) is 3. The second kappa shape index (κ2) is 11.4. The molecule has 6 nitrogen and oxygen atoms in total. The van der Waals surface area contributed by atoms with Crippen LogP contribution in [0.5, 0.6) is 0 Å². The van der Waals surface area contributed by atoms with Gasteiger partial charge in [-0.05, 0) is 61.3 Å². The van der Waals surface area contributed by atoms with Crippen molar-refractivity contribution in [3.63, 3.8) is 0 Å². The summed E-state index contributed by atoms with van der Waals surface area (Å²) in [5, 5.41) is 0. The number of aromatic nitrogens is 2. The standard InChI is InChI=1S/C28H29BrN4O2/c1-2-24(32(18-8-16-30)27(34)21-12-14-22(29)15-13-21)26-23(19-20-9-4-3-5-10-20)28(35)33-17-7-6-11-25(33)31-26/h3-7,9-15,17,24H,2,8,16,18-19,30H2,1H3. The number of hydrogen-bond donors (Lipinski definition) is 1. The van der Waals surface area contributed by atoms with Crippen LogP contribution in [0.2, 0.25) is 0 Å². The van der Waals surface area contributed by atoms with Crippen molar-refractivity contribution in [1.29, 1.82) is 0 Å². The number of carbonyl (C=O) groups excluding carboxylic acids is 1. The van der Waals surface area contributed by atoms with Crippen molar-refractivity contribution in [3.05, 3.63) is 116 Å². The van der Waals surface area contributed by atoms with E-state index in [4.69, 9.17) is 10.7 Å². The minimum atomic E-state index is -0.366. The first-order chi connectivity index (χ1) is 17.0. The Labute approximate surface area is 213 Å². The van der Waals surface area contributed by atoms with Gasteiger partial charge in [-0.3, -0.25) is 14.0 Å². The minimum Gasteiger partial charge on any atom is -0.330 e. The first kappa shape index (κ1) is 24.8. The summed E-state index contributed by atoms with van der Waals surface area (Å²) in [6, 6.07) is 22.4. The van der Waals surface area contributed by atoms with Crippen LogP contribution in [0.1, 0.15) is 53.0 Å². The highest BCUT2D eigenvalue weighted by atomic mass is 79.9. The molecule has 2 N–H and O–H groups in total. The van der Waals surface area contributed by atoms with Gasteiger partial charge in [-0.2, -0.15) is 0 Å². The van der Waals surface area contributed by atoms with E-state index in [1.165, 1.54) is 0 Å². The Hall–Kier alpha value is -3.29. The van der Waals surface area contributed by atoms with Gasteiger partial charge in [0.1, 0.15) is 5.65 Å². The van der Waals surface area contributed by atoms with E-state index in [9.17, 15) is 9.59 Å². The van der Waals surface area contributed by atoms with E-state index < -0.39 is 0 Å². The third-order valence-electron chi connectivity index (χ3n) is 6.12. The van der Waals surface area contributed by atoms with Crippen LogP contribution in [0.25, 0.3) is 5.65 Å². The molecule has 0 spiro atoms. The van der Waals surface area contributed by atoms with E-state index >= 15 is 0 Å². The fourth-order valence-electron chi connectivity index (χ4n) is 4.36. The lowest BCUT2D eigenvalue weighted by Gasteiger charge is -2.32. The zero-order chi connectivity index (χ0) is 24.8. The molecule has 2 aromatic heterocycles. The lowest BCUT2D eigenvalue weighted by atomic mass is 9.97. The highest BCUT2D eigenvalue weighted by molar-refractivity contribution is 9.10. The predicted molar refractivity (Wildman–Crippen MR) is 143 cm³/mol. The average Bonchev–Trinajstić information content (AvgIpc) is 2.89. The Morgan fingerprint density at radius 3 is 2.46 bits per heavy atom. The lowest BCUT2D eigenvalue weighted by Crippen LogP contribution is -2.38. The second-order valence-corrected chi connectivity index (χ2v) is 9.36. The van der Waals surface area contributed by atoms with Crippen LogP contribution in [0.15, 0.2) is 88.3 Å². The first-order valence-electron chi connectivity index (χ1n) is 11.8. The number of amides is 1. The van der Waals surface area contributed by atoms with E-state index in [2.05, 4.69) is 15.9 Å². The van der Waals surface area contributed by atoms with Crippen LogP contribution in [0.3, 0.4) is 0 Å². The minimum absolute atomic E-state index is 0.0986. The van der Waals surface area contributed by atoms with Crippen LogP contribution < -0.4 is 11.3 Å². The molecule has 0 fully saturated rings. The zero-order valence-corrected chi connectivity index (χ0v) is 21.3. The number of hydrogen-bond acceptors (Lipinski definition) is 4. The second-order valence-electron chi connectivity index (χ2n) is 8.44. The SMILES string of the molecule is CCC(c1nc2ccccn2c(=O)c1Cc1ccccc1)N(CCCN)C(=O)c1ccc(Br)cc1. The molecule has 1 unspecified atom stereocenters. The normalized spacial score (nSPS) is 12.0. The smallest absolute Gasteiger partial charge is 0.261 e. The van der Waals surface area contributed by atoms with Gasteiger partial charge in [-0.15, -0.1) is 0 Å². The molecule has 0 aliphatic heterocycles. The monoisotopic (exact) mass is 532 g/mol. The molecule has 180 valence electrons. The molecular formula is C28H29BrN4O2. The molecule has 1 amide bonds. The highest BCUT2D eigenvalue weighted by Crippen LogP contribution is 2.28. The molecule has 4 aromatic rings. The van der Waals surface area contributed by atoms with Crippen LogP contribution in [0.4, 0.5) is 0 Å². The summed E-state index contributed by atoms with van der Waals surface area (Å²) in [4.78, 5) is 34.2. The van der Waals surface area contributed by atoms with Gasteiger partial charge in [0.05, 0.1) is 11.7 Å². The molecule has 7 heteroatoms. The maximum Gasteiger partial charge on any atom is 0.261 e. The van der Waals surface area contributed by atoms with Gasteiger partial charge in [-0.1, -0.05) is 59.3 Å². The molecule has 1 atom stereocenters. The van der Waals surface area contributed by atoms with Gasteiger partial charge >= 0.3 is 0 Å². The van der Waals surface area contributed by atoms with E-state index in [1.54, 1.807) is 10.6 Å². The fraction of sp³-hybridized carbons (Fsp3) is 0.250. The Bertz CT molecular complexity index is 1350. The summed E-state index contributed by atoms with van der Waals surface area (Å²) in [6.45, 7) is 2.96. The van der Waals surface area contributed by atoms with Gasteiger partial charge in [0.15, 0.2) is 0 Å². The molecular weight excluding hydrogens is 504 g/mol. The summed E-state index contributed by atoms with van der Waals surface area (Å²) in [5.41, 5.74) is 9.15. The number of nitrogens with two attached hydrogens (primary N) is 1. The summed E-state index contributed by atoms with van der Waals surface area (Å²) >= 11 is 3.44. The van der Waals surface area contributed by atoms with E-state index in [0.29, 0.717) is 54.8 Å². The van der Waals surface area contributed by atoms with Gasteiger partial charge in [0, 0.05) is 34.8 Å². The maximum atomic E-state index is 13.7. The molecule has 35 heavy (non-hydrogen) atoms. The largest absolute Gasteiger partial charge is 0.330 e. The Morgan fingerprint density at radius 2 is 1.77 bits per heavy atom. The predicted octanol–water partition coefficient (Wildman–Crippen LogP) is 4.99. The summed E-state index contributed by atoms with van der Waals surface area (Å²) < 4.78 is 2.49. The Balaban J connectivity index is 1.86. The van der Waals surface area contributed by atoms with Crippen molar-refractivity contribution in [2.24, 2.45) is 5.73 Å². The number of carbonyl (C=O) groups is 1.